The van der Waals surface area contributed by atoms with E-state index in [1.165, 1.54) is 0 Å². The van der Waals surface area contributed by atoms with Crippen LogP contribution in [0.1, 0.15) is 6.92 Å². The number of esters is 1. The number of aliphatic hydroxyl groups excluding tert-OH is 7. The summed E-state index contributed by atoms with van der Waals surface area (Å²) in [4.78, 5) is 11.1. The third-order valence-electron chi connectivity index (χ3n) is 4.26. The predicted octanol–water partition coefficient (Wildman–Crippen LogP) is -4.83. The number of carbonyl (C=O) groups is 1. The molecule has 0 aromatic rings. The molecule has 26 heavy (non-hydrogen) atoms. The molecular formula is C14H24O12. The molecule has 2 aliphatic heterocycles. The summed E-state index contributed by atoms with van der Waals surface area (Å²) in [6, 6.07) is 0. The fourth-order valence-corrected chi connectivity index (χ4v) is 2.88. The van der Waals surface area contributed by atoms with Gasteiger partial charge in [-0.3, -0.25) is 4.79 Å². The van der Waals surface area contributed by atoms with Crippen molar-refractivity contribution in [2.75, 3.05) is 13.2 Å². The molecule has 0 bridgehead atoms. The summed E-state index contributed by atoms with van der Waals surface area (Å²) in [7, 11) is 0. The van der Waals surface area contributed by atoms with Crippen LogP contribution in [0.5, 0.6) is 0 Å². The first-order valence-electron chi connectivity index (χ1n) is 7.96. The molecule has 0 radical (unpaired) electrons. The summed E-state index contributed by atoms with van der Waals surface area (Å²) < 4.78 is 20.4. The van der Waals surface area contributed by atoms with E-state index in [0.717, 1.165) is 6.92 Å². The van der Waals surface area contributed by atoms with Crippen molar-refractivity contribution in [2.45, 2.75) is 68.3 Å². The molecule has 2 rings (SSSR count). The Kier molecular flexibility index (Phi) is 7.27. The minimum atomic E-state index is -1.75. The van der Waals surface area contributed by atoms with E-state index in [1.54, 1.807) is 0 Å². The topological polar surface area (TPSA) is 196 Å². The van der Waals surface area contributed by atoms with E-state index in [1.807, 2.05) is 0 Å². The van der Waals surface area contributed by atoms with Crippen molar-refractivity contribution in [3.63, 3.8) is 0 Å². The molecule has 2 fully saturated rings. The van der Waals surface area contributed by atoms with Crippen molar-refractivity contribution in [1.29, 1.82) is 0 Å². The van der Waals surface area contributed by atoms with Gasteiger partial charge in [0.1, 0.15) is 42.7 Å². The van der Waals surface area contributed by atoms with Gasteiger partial charge in [0.05, 0.1) is 13.2 Å². The van der Waals surface area contributed by atoms with Crippen LogP contribution in [0.4, 0.5) is 0 Å². The molecule has 10 atom stereocenters. The van der Waals surface area contributed by atoms with Gasteiger partial charge in [-0.25, -0.2) is 0 Å². The van der Waals surface area contributed by atoms with Gasteiger partial charge in [0.2, 0.25) is 0 Å². The van der Waals surface area contributed by atoms with Gasteiger partial charge in [0.25, 0.3) is 0 Å². The summed E-state index contributed by atoms with van der Waals surface area (Å²) in [5, 5.41) is 68.3. The minimum absolute atomic E-state index is 0.688. The lowest BCUT2D eigenvalue weighted by molar-refractivity contribution is -0.355. The number of aliphatic hydroxyl groups is 7. The lowest BCUT2D eigenvalue weighted by Gasteiger charge is -2.45. The molecule has 0 unspecified atom stereocenters. The van der Waals surface area contributed by atoms with E-state index in [0.29, 0.717) is 0 Å². The van der Waals surface area contributed by atoms with Crippen LogP contribution in [0.3, 0.4) is 0 Å². The number of hydrogen-bond donors (Lipinski definition) is 7. The van der Waals surface area contributed by atoms with Crippen molar-refractivity contribution in [3.8, 4) is 0 Å². The summed E-state index contributed by atoms with van der Waals surface area (Å²) in [5.41, 5.74) is 0. The molecule has 0 aromatic carbocycles. The van der Waals surface area contributed by atoms with Gasteiger partial charge in [0.15, 0.2) is 18.7 Å². The Hall–Kier alpha value is -0.930. The van der Waals surface area contributed by atoms with E-state index in [2.05, 4.69) is 0 Å². The molecule has 0 aromatic heterocycles. The monoisotopic (exact) mass is 384 g/mol. The van der Waals surface area contributed by atoms with Crippen LogP contribution in [-0.2, 0) is 23.7 Å². The average molecular weight is 384 g/mol. The van der Waals surface area contributed by atoms with Gasteiger partial charge in [0, 0.05) is 6.92 Å². The molecule has 2 saturated heterocycles. The lowest BCUT2D eigenvalue weighted by atomic mass is 9.97. The van der Waals surface area contributed by atoms with E-state index in [9.17, 15) is 40.5 Å². The second-order valence-corrected chi connectivity index (χ2v) is 6.11. The van der Waals surface area contributed by atoms with Crippen LogP contribution in [0.15, 0.2) is 0 Å². The van der Waals surface area contributed by atoms with Crippen molar-refractivity contribution >= 4 is 5.97 Å². The number of hydrogen-bond acceptors (Lipinski definition) is 12. The summed E-state index contributed by atoms with van der Waals surface area (Å²) in [5.74, 6) is -0.814. The fourth-order valence-electron chi connectivity index (χ4n) is 2.88. The Morgan fingerprint density at radius 1 is 0.846 bits per heavy atom. The first-order chi connectivity index (χ1) is 12.2. The van der Waals surface area contributed by atoms with E-state index >= 15 is 0 Å². The fraction of sp³-hybridized carbons (Fsp3) is 0.929. The maximum absolute atomic E-state index is 11.1. The van der Waals surface area contributed by atoms with Crippen molar-refractivity contribution in [3.05, 3.63) is 0 Å². The second kappa shape index (κ2) is 8.84. The second-order valence-electron chi connectivity index (χ2n) is 6.11. The summed E-state index contributed by atoms with van der Waals surface area (Å²) in [6.45, 7) is -0.346. The molecule has 12 heteroatoms. The van der Waals surface area contributed by atoms with Gasteiger partial charge in [-0.2, -0.15) is 0 Å². The van der Waals surface area contributed by atoms with Crippen LogP contribution in [0, 0.1) is 0 Å². The highest BCUT2D eigenvalue weighted by Gasteiger charge is 2.51. The van der Waals surface area contributed by atoms with E-state index in [4.69, 9.17) is 18.9 Å². The Morgan fingerprint density at radius 3 is 2.00 bits per heavy atom. The first kappa shape index (κ1) is 21.4. The summed E-state index contributed by atoms with van der Waals surface area (Å²) in [6.07, 6.45) is -15.6. The van der Waals surface area contributed by atoms with E-state index < -0.39 is 80.6 Å². The van der Waals surface area contributed by atoms with Gasteiger partial charge in [-0.15, -0.1) is 0 Å². The van der Waals surface area contributed by atoms with Gasteiger partial charge in [-0.05, 0) is 0 Å². The highest BCUT2D eigenvalue weighted by atomic mass is 16.7. The zero-order valence-corrected chi connectivity index (χ0v) is 13.9. The third-order valence-corrected chi connectivity index (χ3v) is 4.26. The number of rotatable bonds is 5. The molecule has 0 spiro atoms. The maximum Gasteiger partial charge on any atom is 0.303 e. The Morgan fingerprint density at radius 2 is 1.46 bits per heavy atom. The zero-order valence-electron chi connectivity index (χ0n) is 13.9. The Balaban J connectivity index is 2.16. The van der Waals surface area contributed by atoms with Gasteiger partial charge in [-0.1, -0.05) is 0 Å². The highest BCUT2D eigenvalue weighted by Crippen LogP contribution is 2.29. The number of ether oxygens (including phenoxy) is 4. The minimum Gasteiger partial charge on any atom is -0.454 e. The van der Waals surface area contributed by atoms with Crippen LogP contribution in [0.2, 0.25) is 0 Å². The van der Waals surface area contributed by atoms with Crippen molar-refractivity contribution < 1.29 is 59.5 Å². The smallest absolute Gasteiger partial charge is 0.303 e. The molecule has 152 valence electrons. The van der Waals surface area contributed by atoms with Crippen LogP contribution in [0.25, 0.3) is 0 Å². The average Bonchev–Trinajstić information content (AvgIpc) is 2.60. The molecule has 2 heterocycles. The van der Waals surface area contributed by atoms with Crippen LogP contribution >= 0.6 is 0 Å². The largest absolute Gasteiger partial charge is 0.454 e. The molecule has 2 aliphatic rings. The van der Waals surface area contributed by atoms with Gasteiger partial charge >= 0.3 is 5.97 Å². The lowest BCUT2D eigenvalue weighted by Crippen LogP contribution is -2.64. The van der Waals surface area contributed by atoms with Gasteiger partial charge < -0.3 is 54.7 Å². The van der Waals surface area contributed by atoms with E-state index in [-0.39, 0.29) is 0 Å². The van der Waals surface area contributed by atoms with Crippen molar-refractivity contribution in [2.24, 2.45) is 0 Å². The Bertz CT molecular complexity index is 473. The zero-order chi connectivity index (χ0) is 19.6. The molecule has 0 amide bonds. The normalized spacial score (nSPS) is 46.8. The standard InChI is InChI=1S/C14H24O12/c1-4(17)23-12-10(21)11(6(3-16)24-13(12)22)26-14-9(20)8(19)7(18)5(2-15)25-14/h5-16,18-22H,2-3H2,1H3/t5-,6-,7-,8+,9+,10+,11-,12-,13-,14+/m1/s1. The SMILES string of the molecule is CC(=O)O[C@@H]1[C@@H](O)[C@H](O[C@@H]2O[C@H](CO)[C@@H](O)[C@H](O)[C@@H]2O)[C@@H](CO)O[C@H]1O. The quantitative estimate of drug-likeness (QED) is 0.224. The summed E-state index contributed by atoms with van der Waals surface area (Å²) >= 11 is 0. The van der Waals surface area contributed by atoms with Crippen molar-refractivity contribution in [1.82, 2.24) is 0 Å². The molecule has 7 N–H and O–H groups in total. The number of carbonyl (C=O) groups excluding carboxylic acids is 1. The van der Waals surface area contributed by atoms with Crippen LogP contribution < -0.4 is 0 Å². The molecule has 12 nitrogen and oxygen atoms in total. The maximum atomic E-state index is 11.1. The molecule has 0 saturated carbocycles. The third kappa shape index (κ3) is 4.31. The first-order valence-corrected chi connectivity index (χ1v) is 7.96. The Labute approximate surface area is 148 Å². The van der Waals surface area contributed by atoms with Crippen LogP contribution in [-0.4, -0.2) is 116 Å². The molecular weight excluding hydrogens is 360 g/mol. The molecule has 0 aliphatic carbocycles. The highest BCUT2D eigenvalue weighted by molar-refractivity contribution is 5.66. The predicted molar refractivity (Wildman–Crippen MR) is 78.2 cm³/mol.